The summed E-state index contributed by atoms with van der Waals surface area (Å²) in [7, 11) is -2.23. The van der Waals surface area contributed by atoms with Gasteiger partial charge in [0.25, 0.3) is 0 Å². The normalized spacial score (nSPS) is 17.2. The van der Waals surface area contributed by atoms with Gasteiger partial charge in [-0.1, -0.05) is 0 Å². The molecule has 23 heavy (non-hydrogen) atoms. The van der Waals surface area contributed by atoms with E-state index in [0.29, 0.717) is 17.3 Å². The maximum absolute atomic E-state index is 12.6. The lowest BCUT2D eigenvalue weighted by molar-refractivity contribution is -0.143. The molecule has 0 unspecified atom stereocenters. The van der Waals surface area contributed by atoms with Crippen molar-refractivity contribution >= 4 is 28.3 Å². The molecule has 0 aliphatic carbocycles. The minimum Gasteiger partial charge on any atom is -0.343 e. The largest absolute Gasteiger partial charge is 0.402 e. The van der Waals surface area contributed by atoms with Gasteiger partial charge >= 0.3 is 6.18 Å². The summed E-state index contributed by atoms with van der Waals surface area (Å²) < 4.78 is 61.4. The zero-order chi connectivity index (χ0) is 17.0. The van der Waals surface area contributed by atoms with Crippen LogP contribution in [0.5, 0.6) is 0 Å². The van der Waals surface area contributed by atoms with Crippen molar-refractivity contribution in [3.05, 3.63) is 0 Å². The molecule has 0 aromatic carbocycles. The molecule has 1 saturated heterocycles. The van der Waals surface area contributed by atoms with Crippen LogP contribution in [0, 0.1) is 0 Å². The van der Waals surface area contributed by atoms with Crippen molar-refractivity contribution < 1.29 is 26.4 Å². The second-order valence-electron chi connectivity index (χ2n) is 5.39. The van der Waals surface area contributed by atoms with Gasteiger partial charge < -0.3 is 10.2 Å². The molecule has 138 valence electrons. The van der Waals surface area contributed by atoms with Crippen LogP contribution in [0.15, 0.2) is 0 Å². The number of amides is 1. The van der Waals surface area contributed by atoms with E-state index in [1.807, 2.05) is 0 Å². The molecule has 1 aliphatic heterocycles. The molecule has 0 aromatic heterocycles. The van der Waals surface area contributed by atoms with Crippen LogP contribution >= 0.6 is 12.4 Å². The Bertz CT molecular complexity index is 480. The SMILES string of the molecule is CNCCC(=O)N1CCC(N(CC(F)(F)F)S(C)(=O)=O)CC1.Cl. The van der Waals surface area contributed by atoms with Gasteiger partial charge in [0.2, 0.25) is 15.9 Å². The Kier molecular flexibility index (Phi) is 8.82. The first-order chi connectivity index (χ1) is 10.0. The van der Waals surface area contributed by atoms with Gasteiger partial charge in [0.1, 0.15) is 6.54 Å². The summed E-state index contributed by atoms with van der Waals surface area (Å²) >= 11 is 0. The first-order valence-electron chi connectivity index (χ1n) is 7.00. The number of nitrogens with one attached hydrogen (secondary N) is 1. The van der Waals surface area contributed by atoms with Crippen molar-refractivity contribution in [1.82, 2.24) is 14.5 Å². The topological polar surface area (TPSA) is 69.7 Å². The van der Waals surface area contributed by atoms with Crippen LogP contribution < -0.4 is 5.32 Å². The van der Waals surface area contributed by atoms with E-state index in [1.165, 1.54) is 0 Å². The molecule has 6 nitrogen and oxygen atoms in total. The molecular weight excluding hydrogens is 359 g/mol. The zero-order valence-electron chi connectivity index (χ0n) is 13.1. The fourth-order valence-corrected chi connectivity index (χ4v) is 3.62. The minimum atomic E-state index is -4.58. The first-order valence-corrected chi connectivity index (χ1v) is 8.85. The molecule has 11 heteroatoms. The van der Waals surface area contributed by atoms with Gasteiger partial charge in [-0.15, -0.1) is 12.4 Å². The number of halogens is 4. The van der Waals surface area contributed by atoms with Crippen LogP contribution in [-0.2, 0) is 14.8 Å². The summed E-state index contributed by atoms with van der Waals surface area (Å²) in [5.41, 5.74) is 0. The molecule has 1 amide bonds. The second kappa shape index (κ2) is 9.05. The number of rotatable bonds is 6. The van der Waals surface area contributed by atoms with E-state index in [9.17, 15) is 26.4 Å². The standard InChI is InChI=1S/C12H22F3N3O3S.ClH/c1-16-6-3-11(19)17-7-4-10(5-8-17)18(22(2,20)21)9-12(13,14)15;/h10,16H,3-9H2,1-2H3;1H. The van der Waals surface area contributed by atoms with E-state index in [2.05, 4.69) is 5.32 Å². The maximum atomic E-state index is 12.6. The summed E-state index contributed by atoms with van der Waals surface area (Å²) in [5.74, 6) is -0.0745. The van der Waals surface area contributed by atoms with Crippen molar-refractivity contribution in [1.29, 1.82) is 0 Å². The Morgan fingerprint density at radius 3 is 2.22 bits per heavy atom. The average molecular weight is 382 g/mol. The van der Waals surface area contributed by atoms with E-state index in [1.54, 1.807) is 11.9 Å². The number of alkyl halides is 3. The highest BCUT2D eigenvalue weighted by molar-refractivity contribution is 7.88. The Morgan fingerprint density at radius 2 is 1.83 bits per heavy atom. The van der Waals surface area contributed by atoms with Gasteiger partial charge in [-0.05, 0) is 19.9 Å². The van der Waals surface area contributed by atoms with Crippen LogP contribution in [0.1, 0.15) is 19.3 Å². The van der Waals surface area contributed by atoms with Crippen molar-refractivity contribution in [2.45, 2.75) is 31.5 Å². The lowest BCUT2D eigenvalue weighted by atomic mass is 10.0. The number of nitrogens with zero attached hydrogens (tertiary/aromatic N) is 2. The molecule has 1 fully saturated rings. The smallest absolute Gasteiger partial charge is 0.343 e. The monoisotopic (exact) mass is 381 g/mol. The lowest BCUT2D eigenvalue weighted by Crippen LogP contribution is -2.51. The van der Waals surface area contributed by atoms with Crippen LogP contribution in [0.25, 0.3) is 0 Å². The summed E-state index contributed by atoms with van der Waals surface area (Å²) in [6.07, 6.45) is -3.05. The third-order valence-electron chi connectivity index (χ3n) is 3.57. The minimum absolute atomic E-state index is 0. The van der Waals surface area contributed by atoms with E-state index >= 15 is 0 Å². The molecule has 1 heterocycles. The Hall–Kier alpha value is -0.580. The zero-order valence-corrected chi connectivity index (χ0v) is 14.7. The molecule has 1 rings (SSSR count). The third kappa shape index (κ3) is 7.69. The molecular formula is C12H23ClF3N3O3S. The maximum Gasteiger partial charge on any atom is 0.402 e. The van der Waals surface area contributed by atoms with Crippen molar-refractivity contribution in [2.75, 3.05) is 39.5 Å². The van der Waals surface area contributed by atoms with Gasteiger partial charge in [-0.2, -0.15) is 17.5 Å². The van der Waals surface area contributed by atoms with Crippen LogP contribution in [0.3, 0.4) is 0 Å². The number of hydrogen-bond acceptors (Lipinski definition) is 4. The highest BCUT2D eigenvalue weighted by Crippen LogP contribution is 2.25. The highest BCUT2D eigenvalue weighted by Gasteiger charge is 2.39. The average Bonchev–Trinajstić information content (AvgIpc) is 2.40. The molecule has 0 atom stereocenters. The summed E-state index contributed by atoms with van der Waals surface area (Å²) in [6.45, 7) is -0.402. The number of sulfonamides is 1. The fraction of sp³-hybridized carbons (Fsp3) is 0.917. The molecule has 0 spiro atoms. The summed E-state index contributed by atoms with van der Waals surface area (Å²) in [5, 5.41) is 2.85. The van der Waals surface area contributed by atoms with Gasteiger partial charge in [0, 0.05) is 32.1 Å². The molecule has 0 saturated carbocycles. The van der Waals surface area contributed by atoms with Gasteiger partial charge in [0.15, 0.2) is 0 Å². The molecule has 0 aromatic rings. The van der Waals surface area contributed by atoms with Crippen LogP contribution in [0.2, 0.25) is 0 Å². The Balaban J connectivity index is 0.00000484. The van der Waals surface area contributed by atoms with Crippen molar-refractivity contribution in [3.8, 4) is 0 Å². The molecule has 1 aliphatic rings. The first kappa shape index (κ1) is 22.4. The van der Waals surface area contributed by atoms with E-state index < -0.39 is 28.8 Å². The molecule has 0 bridgehead atoms. The number of piperidine rings is 1. The Morgan fingerprint density at radius 1 is 1.30 bits per heavy atom. The number of carbonyl (C=O) groups is 1. The number of likely N-dealkylation sites (tertiary alicyclic amines) is 1. The van der Waals surface area contributed by atoms with Crippen LogP contribution in [0.4, 0.5) is 13.2 Å². The predicted octanol–water partition coefficient (Wildman–Crippen LogP) is 0.833. The number of hydrogen-bond donors (Lipinski definition) is 1. The predicted molar refractivity (Wildman–Crippen MR) is 83.0 cm³/mol. The van der Waals surface area contributed by atoms with Gasteiger partial charge in [0.05, 0.1) is 6.26 Å². The Labute approximate surface area is 140 Å². The fourth-order valence-electron chi connectivity index (χ4n) is 2.49. The molecule has 0 radical (unpaired) electrons. The van der Waals surface area contributed by atoms with Gasteiger partial charge in [-0.3, -0.25) is 4.79 Å². The second-order valence-corrected chi connectivity index (χ2v) is 7.32. The van der Waals surface area contributed by atoms with Gasteiger partial charge in [-0.25, -0.2) is 8.42 Å². The lowest BCUT2D eigenvalue weighted by Gasteiger charge is -2.37. The van der Waals surface area contributed by atoms with E-state index in [0.717, 1.165) is 6.26 Å². The third-order valence-corrected chi connectivity index (χ3v) is 4.85. The number of carbonyl (C=O) groups excluding carboxylic acids is 1. The van der Waals surface area contributed by atoms with E-state index in [-0.39, 0.29) is 44.2 Å². The summed E-state index contributed by atoms with van der Waals surface area (Å²) in [4.78, 5) is 13.4. The van der Waals surface area contributed by atoms with Crippen LogP contribution in [-0.4, -0.2) is 75.2 Å². The quantitative estimate of drug-likeness (QED) is 0.740. The van der Waals surface area contributed by atoms with E-state index in [4.69, 9.17) is 0 Å². The highest BCUT2D eigenvalue weighted by atomic mass is 35.5. The van der Waals surface area contributed by atoms with Crippen molar-refractivity contribution in [2.24, 2.45) is 0 Å². The summed E-state index contributed by atoms with van der Waals surface area (Å²) in [6, 6.07) is -0.718. The van der Waals surface area contributed by atoms with Crippen molar-refractivity contribution in [3.63, 3.8) is 0 Å². The molecule has 1 N–H and O–H groups in total.